The van der Waals surface area contributed by atoms with Crippen LogP contribution in [0.2, 0.25) is 11.6 Å². The fraction of sp³-hybridized carbons (Fsp3) is 0.667. The third-order valence-electron chi connectivity index (χ3n) is 4.42. The smallest absolute Gasteiger partial charge is 0.0700 e. The molecule has 0 fully saturated rings. The Labute approximate surface area is 146 Å². The number of benzene rings is 1. The van der Waals surface area contributed by atoms with Gasteiger partial charge in [0.2, 0.25) is 0 Å². The second-order valence-corrected chi connectivity index (χ2v) is 12.5. The Bertz CT molecular complexity index is 471. The highest BCUT2D eigenvalue weighted by atomic mass is 79.9. The quantitative estimate of drug-likeness (QED) is 0.692. The van der Waals surface area contributed by atoms with E-state index in [0.29, 0.717) is 17.6 Å². The maximum Gasteiger partial charge on any atom is 0.0700 e. The summed E-state index contributed by atoms with van der Waals surface area (Å²) in [5, 5.41) is 0.414. The van der Waals surface area contributed by atoms with Crippen molar-refractivity contribution < 1.29 is 4.74 Å². The van der Waals surface area contributed by atoms with Crippen molar-refractivity contribution in [2.45, 2.75) is 64.6 Å². The van der Waals surface area contributed by atoms with E-state index in [9.17, 15) is 0 Å². The minimum absolute atomic E-state index is 0.0531. The Morgan fingerprint density at radius 2 is 1.91 bits per heavy atom. The molecule has 1 aromatic carbocycles. The molecule has 0 bridgehead atoms. The van der Waals surface area contributed by atoms with E-state index >= 15 is 0 Å². The van der Waals surface area contributed by atoms with Crippen LogP contribution in [-0.2, 0) is 11.2 Å². The molecule has 1 unspecified atom stereocenters. The summed E-state index contributed by atoms with van der Waals surface area (Å²) in [7, 11) is -0.857. The molecule has 0 saturated heterocycles. The average Bonchev–Trinajstić information content (AvgIpc) is 2.39. The second kappa shape index (κ2) is 8.62. The highest BCUT2D eigenvalue weighted by Gasteiger charge is 2.22. The summed E-state index contributed by atoms with van der Waals surface area (Å²) in [6.07, 6.45) is 1.77. The number of rotatable bonds is 7. The van der Waals surface area contributed by atoms with Gasteiger partial charge >= 0.3 is 0 Å². The lowest BCUT2D eigenvalue weighted by Crippen LogP contribution is -2.34. The van der Waals surface area contributed by atoms with Gasteiger partial charge in [-0.3, -0.25) is 0 Å². The van der Waals surface area contributed by atoms with Crippen LogP contribution in [0.25, 0.3) is 0 Å². The van der Waals surface area contributed by atoms with Crippen molar-refractivity contribution in [2.75, 3.05) is 12.8 Å². The predicted octanol–water partition coefficient (Wildman–Crippen LogP) is 4.66. The van der Waals surface area contributed by atoms with Crippen molar-refractivity contribution in [1.29, 1.82) is 0 Å². The summed E-state index contributed by atoms with van der Waals surface area (Å²) in [5.74, 6) is 0.508. The lowest BCUT2D eigenvalue weighted by Gasteiger charge is -2.26. The third kappa shape index (κ3) is 6.15. The van der Waals surface area contributed by atoms with Gasteiger partial charge in [0.05, 0.1) is 15.4 Å². The molecule has 22 heavy (non-hydrogen) atoms. The SMILES string of the molecule is CC(C)c1cccc(Br)c1C[C@@H](N)COC[SiH](C)C(C)(C)C. The number of hydrogen-bond acceptors (Lipinski definition) is 2. The molecule has 0 aliphatic heterocycles. The van der Waals surface area contributed by atoms with E-state index in [1.807, 2.05) is 0 Å². The Balaban J connectivity index is 2.58. The van der Waals surface area contributed by atoms with E-state index in [1.54, 1.807) is 0 Å². The molecule has 2 atom stereocenters. The molecule has 0 radical (unpaired) electrons. The van der Waals surface area contributed by atoms with E-state index in [4.69, 9.17) is 10.5 Å². The molecule has 1 rings (SSSR count). The van der Waals surface area contributed by atoms with Crippen molar-refractivity contribution >= 4 is 24.7 Å². The average molecular weight is 386 g/mol. The van der Waals surface area contributed by atoms with Crippen LogP contribution in [0.1, 0.15) is 51.7 Å². The normalized spacial score (nSPS) is 15.1. The molecule has 0 aromatic heterocycles. The Morgan fingerprint density at radius 3 is 2.45 bits per heavy atom. The molecule has 1 aromatic rings. The van der Waals surface area contributed by atoms with Crippen LogP contribution in [0.15, 0.2) is 22.7 Å². The summed E-state index contributed by atoms with van der Waals surface area (Å²) in [6, 6.07) is 6.45. The summed E-state index contributed by atoms with van der Waals surface area (Å²) >= 11 is 3.67. The standard InChI is InChI=1S/C18H32BrNOSi/c1-13(2)15-8-7-9-17(19)16(15)10-14(20)11-21-12-22(6)18(3,4)5/h7-9,13-14,22H,10-12,20H2,1-6H3/t14-,22?/m1/s1. The number of hydrogen-bond donors (Lipinski definition) is 1. The van der Waals surface area contributed by atoms with Crippen molar-refractivity contribution in [2.24, 2.45) is 5.73 Å². The summed E-state index contributed by atoms with van der Waals surface area (Å²) in [4.78, 5) is 0. The highest BCUT2D eigenvalue weighted by molar-refractivity contribution is 9.10. The number of nitrogens with two attached hydrogens (primary N) is 1. The number of ether oxygens (including phenoxy) is 1. The molecule has 0 heterocycles. The molecule has 0 aliphatic rings. The first-order valence-electron chi connectivity index (χ1n) is 8.23. The zero-order chi connectivity index (χ0) is 16.9. The molecule has 0 aliphatic carbocycles. The van der Waals surface area contributed by atoms with Gasteiger partial charge in [-0.2, -0.15) is 0 Å². The minimum Gasteiger partial charge on any atom is -0.383 e. The van der Waals surface area contributed by atoms with Gasteiger partial charge < -0.3 is 10.5 Å². The van der Waals surface area contributed by atoms with Gasteiger partial charge in [-0.05, 0) is 34.6 Å². The Hall–Kier alpha value is -0.163. The third-order valence-corrected chi connectivity index (χ3v) is 8.86. The maximum atomic E-state index is 6.31. The molecule has 2 N–H and O–H groups in total. The largest absolute Gasteiger partial charge is 0.383 e. The van der Waals surface area contributed by atoms with Gasteiger partial charge in [0, 0.05) is 16.7 Å². The van der Waals surface area contributed by atoms with Crippen LogP contribution in [0.4, 0.5) is 0 Å². The monoisotopic (exact) mass is 385 g/mol. The topological polar surface area (TPSA) is 35.2 Å². The zero-order valence-electron chi connectivity index (χ0n) is 14.9. The molecule has 126 valence electrons. The van der Waals surface area contributed by atoms with Crippen molar-refractivity contribution in [3.05, 3.63) is 33.8 Å². The molecule has 2 nitrogen and oxygen atoms in total. The van der Waals surface area contributed by atoms with Crippen molar-refractivity contribution in [3.63, 3.8) is 0 Å². The Kier molecular flexibility index (Phi) is 7.79. The van der Waals surface area contributed by atoms with Crippen LogP contribution >= 0.6 is 15.9 Å². The molecule has 0 spiro atoms. The van der Waals surface area contributed by atoms with E-state index in [0.717, 1.165) is 17.1 Å². The zero-order valence-corrected chi connectivity index (χ0v) is 17.7. The molecular weight excluding hydrogens is 354 g/mol. The van der Waals surface area contributed by atoms with Crippen LogP contribution < -0.4 is 5.73 Å². The molecule has 0 amide bonds. The number of halogens is 1. The lowest BCUT2D eigenvalue weighted by molar-refractivity contribution is 0.156. The molecule has 4 heteroatoms. The van der Waals surface area contributed by atoms with Gasteiger partial charge in [-0.25, -0.2) is 0 Å². The first kappa shape index (κ1) is 19.9. The van der Waals surface area contributed by atoms with E-state index in [-0.39, 0.29) is 6.04 Å². The van der Waals surface area contributed by atoms with Gasteiger partial charge in [0.15, 0.2) is 0 Å². The second-order valence-electron chi connectivity index (χ2n) is 7.73. The van der Waals surface area contributed by atoms with Crippen LogP contribution in [0.5, 0.6) is 0 Å². The van der Waals surface area contributed by atoms with Gasteiger partial charge in [-0.15, -0.1) is 0 Å². The van der Waals surface area contributed by atoms with Crippen LogP contribution in [0.3, 0.4) is 0 Å². The van der Waals surface area contributed by atoms with Crippen molar-refractivity contribution in [1.82, 2.24) is 0 Å². The molecular formula is C18H32BrNOSi. The van der Waals surface area contributed by atoms with E-state index in [2.05, 4.69) is 75.3 Å². The molecule has 0 saturated carbocycles. The predicted molar refractivity (Wildman–Crippen MR) is 103 cm³/mol. The maximum absolute atomic E-state index is 6.31. The fourth-order valence-corrected chi connectivity index (χ4v) is 3.83. The van der Waals surface area contributed by atoms with E-state index < -0.39 is 8.80 Å². The Morgan fingerprint density at radius 1 is 1.27 bits per heavy atom. The summed E-state index contributed by atoms with van der Waals surface area (Å²) in [6.45, 7) is 14.4. The highest BCUT2D eigenvalue weighted by Crippen LogP contribution is 2.28. The minimum atomic E-state index is -0.857. The first-order valence-corrected chi connectivity index (χ1v) is 11.6. The van der Waals surface area contributed by atoms with Gasteiger partial charge in [0.25, 0.3) is 0 Å². The first-order chi connectivity index (χ1) is 10.1. The van der Waals surface area contributed by atoms with Gasteiger partial charge in [-0.1, -0.05) is 69.2 Å². The fourth-order valence-electron chi connectivity index (χ4n) is 2.30. The van der Waals surface area contributed by atoms with Crippen LogP contribution in [0, 0.1) is 0 Å². The van der Waals surface area contributed by atoms with Crippen molar-refractivity contribution in [3.8, 4) is 0 Å². The lowest BCUT2D eigenvalue weighted by atomic mass is 9.93. The van der Waals surface area contributed by atoms with E-state index in [1.165, 1.54) is 11.1 Å². The summed E-state index contributed by atoms with van der Waals surface area (Å²) < 4.78 is 7.08. The van der Waals surface area contributed by atoms with Gasteiger partial charge in [0.1, 0.15) is 0 Å². The summed E-state index contributed by atoms with van der Waals surface area (Å²) in [5.41, 5.74) is 9.01. The van der Waals surface area contributed by atoms with Crippen LogP contribution in [-0.4, -0.2) is 27.7 Å².